The van der Waals surface area contributed by atoms with E-state index in [1.807, 2.05) is 0 Å². The Morgan fingerprint density at radius 1 is 0.826 bits per heavy atom. The van der Waals surface area contributed by atoms with E-state index in [1.54, 1.807) is 0 Å². The number of nitrogens with one attached hydrogen (secondary N) is 2. The minimum Gasteiger partial charge on any atom is -0.373 e. The van der Waals surface area contributed by atoms with Crippen molar-refractivity contribution < 1.29 is 14.7 Å². The van der Waals surface area contributed by atoms with Crippen molar-refractivity contribution in [1.82, 2.24) is 10.6 Å². The van der Waals surface area contributed by atoms with Crippen LogP contribution in [0.4, 0.5) is 4.79 Å². The van der Waals surface area contributed by atoms with Gasteiger partial charge in [0.05, 0.1) is 5.92 Å². The summed E-state index contributed by atoms with van der Waals surface area (Å²) in [4.78, 5) is 22.6. The molecule has 3 amide bonds. The zero-order valence-corrected chi connectivity index (χ0v) is 14.6. The molecule has 0 aromatic carbocycles. The minimum atomic E-state index is -1.04. The second-order valence-corrected chi connectivity index (χ2v) is 6.69. The number of aliphatic hydroxyl groups is 1. The monoisotopic (exact) mass is 326 g/mol. The molecule has 1 aliphatic rings. The van der Waals surface area contributed by atoms with Crippen LogP contribution in [-0.4, -0.2) is 23.3 Å². The Kier molecular flexibility index (Phi) is 10.7. The van der Waals surface area contributed by atoms with Crippen molar-refractivity contribution in [2.45, 2.75) is 96.6 Å². The van der Waals surface area contributed by atoms with Gasteiger partial charge >= 0.3 is 6.03 Å². The number of rotatable bonds is 13. The molecule has 1 rings (SSSR count). The van der Waals surface area contributed by atoms with Crippen LogP contribution in [-0.2, 0) is 4.79 Å². The van der Waals surface area contributed by atoms with Gasteiger partial charge < -0.3 is 10.4 Å². The van der Waals surface area contributed by atoms with Crippen molar-refractivity contribution in [2.75, 3.05) is 0 Å². The molecule has 3 N–H and O–H groups in total. The minimum absolute atomic E-state index is 0.357. The van der Waals surface area contributed by atoms with E-state index in [2.05, 4.69) is 17.6 Å². The Balaban J connectivity index is 1.90. The first kappa shape index (κ1) is 19.9. The lowest BCUT2D eigenvalue weighted by Crippen LogP contribution is -2.58. The second kappa shape index (κ2) is 12.3. The van der Waals surface area contributed by atoms with Gasteiger partial charge in [-0.2, -0.15) is 0 Å². The highest BCUT2D eigenvalue weighted by molar-refractivity contribution is 5.98. The molecular weight excluding hydrogens is 292 g/mol. The van der Waals surface area contributed by atoms with Gasteiger partial charge in [-0.25, -0.2) is 4.79 Å². The maximum absolute atomic E-state index is 11.6. The van der Waals surface area contributed by atoms with Crippen LogP contribution in [0.25, 0.3) is 0 Å². The lowest BCUT2D eigenvalue weighted by Gasteiger charge is -2.27. The number of hydrogen-bond acceptors (Lipinski definition) is 3. The summed E-state index contributed by atoms with van der Waals surface area (Å²) in [5.41, 5.74) is 0. The van der Waals surface area contributed by atoms with Crippen LogP contribution in [0, 0.1) is 5.92 Å². The number of aliphatic hydroxyl groups excluding tert-OH is 1. The van der Waals surface area contributed by atoms with Crippen molar-refractivity contribution in [2.24, 2.45) is 5.92 Å². The van der Waals surface area contributed by atoms with Gasteiger partial charge in [0.1, 0.15) is 6.23 Å². The van der Waals surface area contributed by atoms with Gasteiger partial charge in [-0.05, 0) is 6.42 Å². The molecule has 5 heteroatoms. The summed E-state index contributed by atoms with van der Waals surface area (Å²) < 4.78 is 0. The first-order valence-corrected chi connectivity index (χ1v) is 9.44. The molecule has 0 aromatic heterocycles. The molecule has 0 radical (unpaired) electrons. The largest absolute Gasteiger partial charge is 0.373 e. The number of hydrogen-bond donors (Lipinski definition) is 3. The smallest absolute Gasteiger partial charge is 0.323 e. The van der Waals surface area contributed by atoms with Crippen LogP contribution in [0.1, 0.15) is 90.4 Å². The summed E-state index contributed by atoms with van der Waals surface area (Å²) in [7, 11) is 0. The molecule has 0 aliphatic carbocycles. The normalized spacial score (nSPS) is 21.1. The van der Waals surface area contributed by atoms with E-state index >= 15 is 0 Å². The zero-order chi connectivity index (χ0) is 16.9. The first-order valence-electron chi connectivity index (χ1n) is 9.44. The predicted octanol–water partition coefficient (Wildman–Crippen LogP) is 3.85. The topological polar surface area (TPSA) is 78.4 Å². The van der Waals surface area contributed by atoms with Crippen molar-refractivity contribution in [1.29, 1.82) is 0 Å². The van der Waals surface area contributed by atoms with Crippen LogP contribution in [0.5, 0.6) is 0 Å². The van der Waals surface area contributed by atoms with E-state index in [1.165, 1.54) is 64.2 Å². The molecule has 1 fully saturated rings. The molecule has 1 saturated heterocycles. The van der Waals surface area contributed by atoms with Crippen LogP contribution in [0.15, 0.2) is 0 Å². The van der Waals surface area contributed by atoms with Gasteiger partial charge in [-0.15, -0.1) is 0 Å². The lowest BCUT2D eigenvalue weighted by molar-refractivity contribution is -0.130. The standard InChI is InChI=1S/C18H34N2O3/c1-2-3-4-5-6-7-8-9-10-11-12-13-14-15-16(21)19-18(23)20-17(15)22/h15-16,21H,2-14H2,1H3,(H2,19,20,22,23). The summed E-state index contributed by atoms with van der Waals surface area (Å²) >= 11 is 0. The van der Waals surface area contributed by atoms with Gasteiger partial charge in [0.15, 0.2) is 0 Å². The maximum atomic E-state index is 11.6. The average molecular weight is 326 g/mol. The fraction of sp³-hybridized carbons (Fsp3) is 0.889. The third-order valence-electron chi connectivity index (χ3n) is 4.60. The first-order chi connectivity index (χ1) is 11.1. The molecule has 0 saturated carbocycles. The van der Waals surface area contributed by atoms with Crippen molar-refractivity contribution in [3.63, 3.8) is 0 Å². The Labute approximate surface area is 140 Å². The SMILES string of the molecule is CCCCCCCCCCCCCCC1C(=O)NC(=O)NC1O. The van der Waals surface area contributed by atoms with Gasteiger partial charge in [0, 0.05) is 0 Å². The van der Waals surface area contributed by atoms with Crippen molar-refractivity contribution >= 4 is 11.9 Å². The van der Waals surface area contributed by atoms with Gasteiger partial charge in [-0.3, -0.25) is 10.1 Å². The molecule has 1 aliphatic heterocycles. The molecule has 0 bridgehead atoms. The van der Waals surface area contributed by atoms with E-state index in [9.17, 15) is 14.7 Å². The molecule has 2 unspecified atom stereocenters. The molecule has 134 valence electrons. The van der Waals surface area contributed by atoms with E-state index in [-0.39, 0.29) is 5.91 Å². The number of carbonyl (C=O) groups is 2. The maximum Gasteiger partial charge on any atom is 0.323 e. The summed E-state index contributed by atoms with van der Waals surface area (Å²) in [6.45, 7) is 2.25. The van der Waals surface area contributed by atoms with E-state index in [0.29, 0.717) is 6.42 Å². The molecule has 0 spiro atoms. The zero-order valence-electron chi connectivity index (χ0n) is 14.6. The highest BCUT2D eigenvalue weighted by Crippen LogP contribution is 2.17. The summed E-state index contributed by atoms with van der Waals surface area (Å²) in [6, 6.07) is -0.603. The Hall–Kier alpha value is -1.10. The van der Waals surface area contributed by atoms with Crippen LogP contribution < -0.4 is 10.6 Å². The molecule has 2 atom stereocenters. The fourth-order valence-electron chi connectivity index (χ4n) is 3.11. The molecule has 1 heterocycles. The van der Waals surface area contributed by atoms with E-state index < -0.39 is 18.2 Å². The number of carbonyl (C=O) groups excluding carboxylic acids is 2. The fourth-order valence-corrected chi connectivity index (χ4v) is 3.11. The molecule has 5 nitrogen and oxygen atoms in total. The molecular formula is C18H34N2O3. The van der Waals surface area contributed by atoms with Gasteiger partial charge in [-0.1, -0.05) is 84.0 Å². The highest BCUT2D eigenvalue weighted by Gasteiger charge is 2.33. The Morgan fingerprint density at radius 3 is 1.78 bits per heavy atom. The number of amides is 3. The molecule has 0 aromatic rings. The number of unbranched alkanes of at least 4 members (excludes halogenated alkanes) is 11. The summed E-state index contributed by atoms with van der Waals surface area (Å²) in [5, 5.41) is 14.2. The van der Waals surface area contributed by atoms with Crippen LogP contribution >= 0.6 is 0 Å². The molecule has 23 heavy (non-hydrogen) atoms. The highest BCUT2D eigenvalue weighted by atomic mass is 16.3. The second-order valence-electron chi connectivity index (χ2n) is 6.69. The van der Waals surface area contributed by atoms with Crippen LogP contribution in [0.2, 0.25) is 0 Å². The van der Waals surface area contributed by atoms with Crippen LogP contribution in [0.3, 0.4) is 0 Å². The third kappa shape index (κ3) is 8.94. The van der Waals surface area contributed by atoms with Gasteiger partial charge in [0.2, 0.25) is 5.91 Å². The summed E-state index contributed by atoms with van der Waals surface area (Å²) in [6.07, 6.45) is 14.9. The van der Waals surface area contributed by atoms with E-state index in [4.69, 9.17) is 0 Å². The van der Waals surface area contributed by atoms with E-state index in [0.717, 1.165) is 12.8 Å². The third-order valence-corrected chi connectivity index (χ3v) is 4.60. The lowest BCUT2D eigenvalue weighted by atomic mass is 9.96. The number of imide groups is 1. The Morgan fingerprint density at radius 2 is 1.30 bits per heavy atom. The van der Waals surface area contributed by atoms with Gasteiger partial charge in [0.25, 0.3) is 0 Å². The summed E-state index contributed by atoms with van der Waals surface area (Å²) in [5.74, 6) is -0.861. The average Bonchev–Trinajstić information content (AvgIpc) is 2.50. The predicted molar refractivity (Wildman–Crippen MR) is 91.9 cm³/mol. The van der Waals surface area contributed by atoms with Crippen molar-refractivity contribution in [3.8, 4) is 0 Å². The Bertz CT molecular complexity index is 347. The quantitative estimate of drug-likeness (QED) is 0.450. The number of urea groups is 1. The van der Waals surface area contributed by atoms with Crippen molar-refractivity contribution in [3.05, 3.63) is 0 Å².